The summed E-state index contributed by atoms with van der Waals surface area (Å²) >= 11 is 3.60. The smallest absolute Gasteiger partial charge is 0.410 e. The van der Waals surface area contributed by atoms with Crippen molar-refractivity contribution < 1.29 is 9.53 Å². The molecule has 0 aromatic carbocycles. The number of carbonyl (C=O) groups excluding carboxylic acids is 1. The Labute approximate surface area is 296 Å². The number of fused-ring (bicyclic) bond motifs is 2. The van der Waals surface area contributed by atoms with Crippen molar-refractivity contribution >= 4 is 45.0 Å². The maximum absolute atomic E-state index is 12.5. The van der Waals surface area contributed by atoms with Crippen LogP contribution in [0.5, 0.6) is 0 Å². The molecule has 262 valence electrons. The molecule has 7 N–H and O–H groups in total. The summed E-state index contributed by atoms with van der Waals surface area (Å²) in [6.07, 6.45) is 14.5. The van der Waals surface area contributed by atoms with Gasteiger partial charge in [-0.2, -0.15) is 29.4 Å². The van der Waals surface area contributed by atoms with E-state index in [1.165, 1.54) is 0 Å². The van der Waals surface area contributed by atoms with Crippen LogP contribution in [0.3, 0.4) is 0 Å². The van der Waals surface area contributed by atoms with Crippen molar-refractivity contribution in [1.29, 1.82) is 0 Å². The van der Waals surface area contributed by atoms with Gasteiger partial charge in [0.05, 0.1) is 40.6 Å². The zero-order chi connectivity index (χ0) is 35.0. The molecule has 0 aliphatic carbocycles. The number of nitrogen functional groups attached to an aromatic ring is 2. The standard InChI is InChI=1S/C19H25N7O2.C14H16BrN7/c1-19(2,3)28-18(27)25-6-4-5-12(11-25)15-7-16(20)26-17(24-15)14(10-23-26)13-8-21-22-9-13;15-11-12(8-2-1-3-17-4-8)21-14-10(9-5-18-19-6-9)7-20-22(14)13(11)16/h7-10,12H,4-6,11,20H2,1-3H3,(H,21,22);5-8,17H,1-4,16H2,(H,18,19). The Morgan fingerprint density at radius 1 is 0.920 bits per heavy atom. The van der Waals surface area contributed by atoms with Gasteiger partial charge in [-0.25, -0.2) is 14.8 Å². The highest BCUT2D eigenvalue weighted by Crippen LogP contribution is 2.35. The summed E-state index contributed by atoms with van der Waals surface area (Å²) in [7, 11) is 0. The largest absolute Gasteiger partial charge is 0.444 e. The number of carbonyl (C=O) groups is 1. The van der Waals surface area contributed by atoms with Gasteiger partial charge in [0.25, 0.3) is 0 Å². The normalized spacial score (nSPS) is 18.3. The number of H-pyrrole nitrogens is 2. The van der Waals surface area contributed by atoms with E-state index in [9.17, 15) is 4.79 Å². The molecular weight excluding hydrogens is 704 g/mol. The number of amides is 1. The molecule has 2 aliphatic heterocycles. The van der Waals surface area contributed by atoms with Gasteiger partial charge in [0.1, 0.15) is 17.2 Å². The molecule has 8 rings (SSSR count). The van der Waals surface area contributed by atoms with Gasteiger partial charge in [-0.1, -0.05) is 0 Å². The highest BCUT2D eigenvalue weighted by atomic mass is 79.9. The molecule has 6 aromatic heterocycles. The van der Waals surface area contributed by atoms with E-state index >= 15 is 0 Å². The monoisotopic (exact) mass is 744 g/mol. The first kappa shape index (κ1) is 33.5. The van der Waals surface area contributed by atoms with Gasteiger partial charge in [0.2, 0.25) is 0 Å². The van der Waals surface area contributed by atoms with Gasteiger partial charge < -0.3 is 26.4 Å². The second-order valence-corrected chi connectivity index (χ2v) is 14.5. The number of hydrogen-bond donors (Lipinski definition) is 5. The third-order valence-corrected chi connectivity index (χ3v) is 9.77. The fourth-order valence-electron chi connectivity index (χ4n) is 6.50. The first-order valence-electron chi connectivity index (χ1n) is 16.7. The number of aromatic nitrogens is 10. The second kappa shape index (κ2) is 13.7. The van der Waals surface area contributed by atoms with E-state index in [1.807, 2.05) is 33.0 Å². The number of anilines is 2. The number of nitrogens with two attached hydrogens (primary N) is 2. The molecular formula is C33H41BrN14O2. The Bertz CT molecular complexity index is 2090. The zero-order valence-corrected chi connectivity index (χ0v) is 29.8. The third-order valence-electron chi connectivity index (χ3n) is 8.96. The van der Waals surface area contributed by atoms with Gasteiger partial charge in [0.15, 0.2) is 11.3 Å². The van der Waals surface area contributed by atoms with Gasteiger partial charge in [-0.15, -0.1) is 0 Å². The molecule has 2 fully saturated rings. The molecule has 2 atom stereocenters. The van der Waals surface area contributed by atoms with Crippen LogP contribution in [0.2, 0.25) is 0 Å². The summed E-state index contributed by atoms with van der Waals surface area (Å²) in [5, 5.41) is 25.8. The lowest BCUT2D eigenvalue weighted by Gasteiger charge is -2.34. The number of aromatic amines is 2. The summed E-state index contributed by atoms with van der Waals surface area (Å²) in [5.74, 6) is 1.56. The van der Waals surface area contributed by atoms with Gasteiger partial charge >= 0.3 is 6.09 Å². The Balaban J connectivity index is 0.000000161. The molecule has 17 heteroatoms. The molecule has 2 saturated heterocycles. The number of likely N-dealkylation sites (tertiary alicyclic amines) is 1. The van der Waals surface area contributed by atoms with E-state index in [4.69, 9.17) is 26.2 Å². The van der Waals surface area contributed by atoms with E-state index < -0.39 is 5.60 Å². The molecule has 16 nitrogen and oxygen atoms in total. The van der Waals surface area contributed by atoms with E-state index in [0.717, 1.165) is 82.5 Å². The van der Waals surface area contributed by atoms with Gasteiger partial charge in [-0.3, -0.25) is 10.2 Å². The predicted octanol–water partition coefficient (Wildman–Crippen LogP) is 4.75. The average Bonchev–Trinajstić information content (AvgIpc) is 3.93. The molecule has 0 radical (unpaired) electrons. The first-order chi connectivity index (χ1) is 24.1. The lowest BCUT2D eigenvalue weighted by atomic mass is 9.94. The van der Waals surface area contributed by atoms with Crippen LogP contribution in [0.4, 0.5) is 16.4 Å². The van der Waals surface area contributed by atoms with E-state index in [1.54, 1.807) is 44.9 Å². The van der Waals surface area contributed by atoms with Crippen LogP contribution in [-0.2, 0) is 4.74 Å². The van der Waals surface area contributed by atoms with Crippen molar-refractivity contribution in [2.24, 2.45) is 0 Å². The Kier molecular flexibility index (Phi) is 9.17. The summed E-state index contributed by atoms with van der Waals surface area (Å²) in [5.41, 5.74) is 19.0. The van der Waals surface area contributed by atoms with E-state index in [0.29, 0.717) is 36.3 Å². The van der Waals surface area contributed by atoms with Crippen molar-refractivity contribution in [3.8, 4) is 22.3 Å². The summed E-state index contributed by atoms with van der Waals surface area (Å²) < 4.78 is 9.67. The van der Waals surface area contributed by atoms with Gasteiger partial charge in [0, 0.05) is 72.2 Å². The minimum atomic E-state index is -0.511. The Morgan fingerprint density at radius 2 is 1.58 bits per heavy atom. The van der Waals surface area contributed by atoms with Crippen LogP contribution >= 0.6 is 15.9 Å². The minimum Gasteiger partial charge on any atom is -0.444 e. The minimum absolute atomic E-state index is 0.0978. The van der Waals surface area contributed by atoms with Crippen LogP contribution in [0.15, 0.2) is 47.7 Å². The van der Waals surface area contributed by atoms with Crippen LogP contribution < -0.4 is 16.8 Å². The lowest BCUT2D eigenvalue weighted by molar-refractivity contribution is 0.0197. The van der Waals surface area contributed by atoms with Crippen molar-refractivity contribution in [2.75, 3.05) is 37.6 Å². The quantitative estimate of drug-likeness (QED) is 0.166. The van der Waals surface area contributed by atoms with Crippen LogP contribution in [0.25, 0.3) is 33.5 Å². The summed E-state index contributed by atoms with van der Waals surface area (Å²) in [6.45, 7) is 8.87. The van der Waals surface area contributed by atoms with Crippen molar-refractivity contribution in [3.63, 3.8) is 0 Å². The number of rotatable bonds is 4. The highest BCUT2D eigenvalue weighted by molar-refractivity contribution is 9.10. The maximum Gasteiger partial charge on any atom is 0.410 e. The fourth-order valence-corrected chi connectivity index (χ4v) is 7.08. The first-order valence-corrected chi connectivity index (χ1v) is 17.5. The molecule has 0 saturated carbocycles. The Hall–Kier alpha value is -5.03. The zero-order valence-electron chi connectivity index (χ0n) is 28.2. The SMILES string of the molecule is CC(C)(C)OC(=O)N1CCCC(c2cc(N)n3ncc(-c4cn[nH]c4)c3n2)C1.Nc1c(Br)c(C2CCCNC2)nc2c(-c3cn[nH]c3)cnn12. The van der Waals surface area contributed by atoms with Crippen LogP contribution in [0.1, 0.15) is 69.7 Å². The molecule has 8 heterocycles. The maximum atomic E-state index is 12.5. The number of piperidine rings is 2. The Morgan fingerprint density at radius 3 is 2.20 bits per heavy atom. The van der Waals surface area contributed by atoms with Crippen molar-refractivity contribution in [1.82, 2.24) is 59.8 Å². The van der Waals surface area contributed by atoms with E-state index in [-0.39, 0.29) is 12.0 Å². The summed E-state index contributed by atoms with van der Waals surface area (Å²) in [6, 6.07) is 1.85. The number of halogens is 1. The number of hydrogen-bond acceptors (Lipinski definition) is 11. The van der Waals surface area contributed by atoms with Crippen LogP contribution in [-0.4, -0.2) is 92.4 Å². The molecule has 0 bridgehead atoms. The van der Waals surface area contributed by atoms with Crippen molar-refractivity contribution in [2.45, 2.75) is 63.9 Å². The fraction of sp³-hybridized carbons (Fsp3) is 0.424. The van der Waals surface area contributed by atoms with Gasteiger partial charge in [-0.05, 0) is 68.9 Å². The van der Waals surface area contributed by atoms with Crippen molar-refractivity contribution in [3.05, 3.63) is 59.1 Å². The third kappa shape index (κ3) is 6.74. The lowest BCUT2D eigenvalue weighted by Crippen LogP contribution is -2.42. The topological polar surface area (TPSA) is 211 Å². The second-order valence-electron chi connectivity index (χ2n) is 13.7. The highest BCUT2D eigenvalue weighted by Gasteiger charge is 2.30. The molecule has 6 aromatic rings. The molecule has 50 heavy (non-hydrogen) atoms. The molecule has 2 unspecified atom stereocenters. The molecule has 0 spiro atoms. The predicted molar refractivity (Wildman–Crippen MR) is 192 cm³/mol. The number of ether oxygens (including phenoxy) is 1. The molecule has 2 aliphatic rings. The average molecular weight is 746 g/mol. The summed E-state index contributed by atoms with van der Waals surface area (Å²) in [4.78, 5) is 23.9. The molecule has 1 amide bonds. The van der Waals surface area contributed by atoms with Crippen LogP contribution in [0, 0.1) is 0 Å². The number of nitrogens with one attached hydrogen (secondary N) is 3. The van der Waals surface area contributed by atoms with E-state index in [2.05, 4.69) is 51.8 Å². The number of nitrogens with zero attached hydrogens (tertiary/aromatic N) is 9.